The zero-order valence-electron chi connectivity index (χ0n) is 2.96. The van der Waals surface area contributed by atoms with Gasteiger partial charge in [-0.1, -0.05) is 0 Å². The van der Waals surface area contributed by atoms with Gasteiger partial charge in [0.05, 0.1) is 0 Å². The van der Waals surface area contributed by atoms with Crippen molar-refractivity contribution in [2.45, 2.75) is 0 Å². The van der Waals surface area contributed by atoms with Crippen LogP contribution in [0.15, 0.2) is 0 Å². The third-order valence-corrected chi connectivity index (χ3v) is 0. The zero-order chi connectivity index (χ0) is 0. The van der Waals surface area contributed by atoms with Crippen LogP contribution in [-0.4, -0.2) is 5.48 Å². The Morgan fingerprint density at radius 1 is 0.500 bits per heavy atom. The van der Waals surface area contributed by atoms with Gasteiger partial charge in [0.2, 0.25) is 0 Å². The molecule has 0 unspecified atom stereocenters. The first-order chi connectivity index (χ1) is 0. The molecule has 0 aliphatic rings. The second-order valence-electron chi connectivity index (χ2n) is 0. The molecule has 0 aliphatic heterocycles. The van der Waals surface area contributed by atoms with E-state index in [9.17, 15) is 0 Å². The largest absolute Gasteiger partial charge is 1.00 e. The molecule has 0 radical (unpaired) electrons. The fourth-order valence-corrected chi connectivity index (χ4v) is 0. The van der Waals surface area contributed by atoms with Gasteiger partial charge in [0.1, 0.15) is 0 Å². The van der Waals surface area contributed by atoms with Crippen molar-refractivity contribution in [3.05, 3.63) is 0 Å². The highest BCUT2D eigenvalue weighted by Crippen LogP contribution is -0.289. The molecule has 6 heteroatoms. The van der Waals surface area contributed by atoms with E-state index in [1.54, 1.807) is 0 Å². The minimum Gasteiger partial charge on any atom is -1.00 e. The zero-order valence-corrected chi connectivity index (χ0v) is 9.30. The average Bonchev–Trinajstić information content (AvgIpc) is 0. The molecule has 0 aliphatic carbocycles. The van der Waals surface area contributed by atoms with Crippen molar-refractivity contribution in [2.75, 3.05) is 0 Å². The molecule has 0 aromatic heterocycles. The summed E-state index contributed by atoms with van der Waals surface area (Å²) < 4.78 is 0. The van der Waals surface area contributed by atoms with Crippen molar-refractivity contribution >= 4 is 0 Å². The summed E-state index contributed by atoms with van der Waals surface area (Å²) in [6.45, 7) is 0. The monoisotopic (exact) mass is 351 g/mol. The maximum absolute atomic E-state index is 0. The Morgan fingerprint density at radius 3 is 0.500 bits per heavy atom. The average molecular weight is 355 g/mol. The van der Waals surface area contributed by atoms with Crippen molar-refractivity contribution < 1.29 is 73.4 Å². The molecule has 2 nitrogen and oxygen atoms in total. The fraction of sp³-hybridized carbons (Fsp3) is 0. The first kappa shape index (κ1) is 108. The van der Waals surface area contributed by atoms with Gasteiger partial charge in [-0.3, -0.25) is 0 Å². The van der Waals surface area contributed by atoms with Crippen molar-refractivity contribution in [2.24, 2.45) is 0 Å². The maximum Gasteiger partial charge on any atom is -0.369 e. The number of quaternary nitrogens is 1. The minimum atomic E-state index is 0. The first-order valence-electron chi connectivity index (χ1n) is 0. The summed E-state index contributed by atoms with van der Waals surface area (Å²) in [5.74, 6) is 0. The van der Waals surface area contributed by atoms with Gasteiger partial charge in [0.25, 0.3) is 0 Å². The molecule has 0 atom stereocenters. The highest BCUT2D eigenvalue weighted by atomic mass is 79.9. The standard InChI is InChI=1S/4BrH.H3N.H2O/h4*1H;1H3;1H2/p-4. The van der Waals surface area contributed by atoms with E-state index >= 15 is 0 Å². The number of hydrogen-bond acceptors (Lipinski definition) is 1. The number of rotatable bonds is 0. The van der Waals surface area contributed by atoms with E-state index in [2.05, 4.69) is 0 Å². The molecule has 0 aromatic rings. The summed E-state index contributed by atoms with van der Waals surface area (Å²) in [5, 5.41) is 0. The van der Waals surface area contributed by atoms with Crippen molar-refractivity contribution in [1.82, 2.24) is 6.15 Å². The molecule has 0 saturated carbocycles. The van der Waals surface area contributed by atoms with Crippen LogP contribution in [0.5, 0.6) is 0 Å². The lowest BCUT2D eigenvalue weighted by Gasteiger charge is -1.00. The summed E-state index contributed by atoms with van der Waals surface area (Å²) in [5.41, 5.74) is 0. The van der Waals surface area contributed by atoms with Gasteiger partial charge >= 0.3 is 0 Å². The van der Waals surface area contributed by atoms with Crippen molar-refractivity contribution in [3.8, 4) is 0 Å². The molecular weight excluding hydrogens is 350 g/mol. The van der Waals surface area contributed by atoms with E-state index in [1.165, 1.54) is 0 Å². The molecule has 48 valence electrons. The SMILES string of the molecule is [Br-].[Br-].[Br-].[Br-].[NH4+].[OH-]. The Bertz CT molecular complexity index is 7.51. The molecule has 0 rings (SSSR count). The van der Waals surface area contributed by atoms with Gasteiger partial charge in [-0.2, -0.15) is 0 Å². The number of halogens is 4. The van der Waals surface area contributed by atoms with Gasteiger partial charge < -0.3 is 79.6 Å². The van der Waals surface area contributed by atoms with Gasteiger partial charge in [0.15, 0.2) is 0 Å². The van der Waals surface area contributed by atoms with Crippen LogP contribution < -0.4 is 74.1 Å². The Hall–Kier alpha value is 1.84. The summed E-state index contributed by atoms with van der Waals surface area (Å²) in [6.07, 6.45) is 0. The van der Waals surface area contributed by atoms with Gasteiger partial charge in [-0.05, 0) is 0 Å². The number of hydrogen-bond donors (Lipinski definition) is 1. The highest BCUT2D eigenvalue weighted by molar-refractivity contribution is 2.13. The van der Waals surface area contributed by atoms with E-state index in [4.69, 9.17) is 0 Å². The minimum absolute atomic E-state index is 0. The highest BCUT2D eigenvalue weighted by Gasteiger charge is -0.369. The second-order valence-corrected chi connectivity index (χ2v) is 0. The van der Waals surface area contributed by atoms with E-state index in [1.807, 2.05) is 0 Å². The maximum atomic E-state index is 0. The topological polar surface area (TPSA) is 66.5 Å². The van der Waals surface area contributed by atoms with E-state index in [0.29, 0.717) is 0 Å². The lowest BCUT2D eigenvalue weighted by molar-refractivity contribution is -0.00100. The molecule has 0 amide bonds. The normalized spacial score (nSPS) is 0. The molecule has 5 N–H and O–H groups in total. The van der Waals surface area contributed by atoms with Crippen LogP contribution in [0, 0.1) is 0 Å². The summed E-state index contributed by atoms with van der Waals surface area (Å²) >= 11 is 0. The summed E-state index contributed by atoms with van der Waals surface area (Å²) in [4.78, 5) is 0. The summed E-state index contributed by atoms with van der Waals surface area (Å²) in [7, 11) is 0. The molecular formula is H5Br4NO-4. The van der Waals surface area contributed by atoms with Crippen LogP contribution in [-0.2, 0) is 0 Å². The van der Waals surface area contributed by atoms with Crippen LogP contribution in [0.4, 0.5) is 0 Å². The summed E-state index contributed by atoms with van der Waals surface area (Å²) in [6, 6.07) is 0. The Morgan fingerprint density at radius 2 is 0.500 bits per heavy atom. The van der Waals surface area contributed by atoms with E-state index in [0.717, 1.165) is 0 Å². The van der Waals surface area contributed by atoms with Crippen LogP contribution >= 0.6 is 0 Å². The Kier molecular flexibility index (Phi) is 1240. The molecule has 0 fully saturated rings. The van der Waals surface area contributed by atoms with E-state index in [-0.39, 0.29) is 79.6 Å². The van der Waals surface area contributed by atoms with Gasteiger partial charge in [0, 0.05) is 0 Å². The molecule has 6 heavy (non-hydrogen) atoms. The first-order valence-corrected chi connectivity index (χ1v) is 0. The van der Waals surface area contributed by atoms with Crippen LogP contribution in [0.3, 0.4) is 0 Å². The fourth-order valence-electron chi connectivity index (χ4n) is 0. The third-order valence-electron chi connectivity index (χ3n) is 0. The predicted octanol–water partition coefficient (Wildman–Crippen LogP) is -11.8. The third kappa shape index (κ3) is 40.4. The smallest absolute Gasteiger partial charge is 0.369 e. The van der Waals surface area contributed by atoms with Crippen LogP contribution in [0.1, 0.15) is 0 Å². The predicted molar refractivity (Wildman–Crippen MR) is 7.92 cm³/mol. The molecule has 0 saturated heterocycles. The van der Waals surface area contributed by atoms with Crippen molar-refractivity contribution in [1.29, 1.82) is 0 Å². The van der Waals surface area contributed by atoms with Crippen LogP contribution in [0.25, 0.3) is 0 Å². The Balaban J connectivity index is 0. The molecule has 0 aromatic carbocycles. The van der Waals surface area contributed by atoms with Gasteiger partial charge in [-0.15, -0.1) is 0 Å². The second kappa shape index (κ2) is 68.9. The lowest BCUT2D eigenvalue weighted by Crippen LogP contribution is -3.00. The Labute approximate surface area is 79.0 Å². The van der Waals surface area contributed by atoms with Crippen molar-refractivity contribution in [3.63, 3.8) is 0 Å². The van der Waals surface area contributed by atoms with Crippen LogP contribution in [0.2, 0.25) is 0 Å². The molecule has 0 bridgehead atoms. The quantitative estimate of drug-likeness (QED) is 0.461. The molecule has 0 heterocycles. The molecule has 0 spiro atoms. The van der Waals surface area contributed by atoms with E-state index < -0.39 is 0 Å². The van der Waals surface area contributed by atoms with Gasteiger partial charge in [-0.25, -0.2) is 0 Å². The lowest BCUT2D eigenvalue weighted by atomic mass is 14.0.